The van der Waals surface area contributed by atoms with E-state index in [4.69, 9.17) is 0 Å². The molecule has 0 saturated carbocycles. The van der Waals surface area contributed by atoms with Crippen LogP contribution in [0.2, 0.25) is 0 Å². The van der Waals surface area contributed by atoms with Crippen LogP contribution in [0, 0.1) is 0 Å². The average molecular weight is 717 g/mol. The van der Waals surface area contributed by atoms with Crippen LogP contribution in [0.1, 0.15) is 0 Å². The van der Waals surface area contributed by atoms with E-state index in [1.807, 2.05) is 11.3 Å². The van der Waals surface area contributed by atoms with Crippen molar-refractivity contribution < 1.29 is 0 Å². The fourth-order valence-electron chi connectivity index (χ4n) is 8.97. The molecule has 0 aliphatic heterocycles. The highest BCUT2D eigenvalue weighted by Crippen LogP contribution is 2.41. The van der Waals surface area contributed by atoms with Crippen molar-refractivity contribution in [3.05, 3.63) is 194 Å². The minimum atomic E-state index is 1.16. The van der Waals surface area contributed by atoms with E-state index >= 15 is 0 Å². The molecule has 3 aromatic heterocycles. The van der Waals surface area contributed by atoms with Gasteiger partial charge in [-0.05, 0) is 94.4 Å². The van der Waals surface area contributed by atoms with Crippen molar-refractivity contribution in [2.24, 2.45) is 0 Å². The van der Waals surface area contributed by atoms with Gasteiger partial charge >= 0.3 is 0 Å². The third-order valence-electron chi connectivity index (χ3n) is 11.5. The third kappa shape index (κ3) is 4.60. The molecular weight excluding hydrogens is 685 g/mol. The number of fused-ring (bicyclic) bond motifs is 11. The van der Waals surface area contributed by atoms with E-state index in [2.05, 4.69) is 203 Å². The lowest BCUT2D eigenvalue weighted by molar-refractivity contribution is 1.18. The minimum Gasteiger partial charge on any atom is -0.309 e. The van der Waals surface area contributed by atoms with E-state index < -0.39 is 0 Å². The molecule has 0 aliphatic carbocycles. The van der Waals surface area contributed by atoms with Gasteiger partial charge in [0.15, 0.2) is 0 Å². The first-order chi connectivity index (χ1) is 27.3. The first kappa shape index (κ1) is 30.5. The second-order valence-electron chi connectivity index (χ2n) is 14.5. The lowest BCUT2D eigenvalue weighted by Crippen LogP contribution is -1.94. The Balaban J connectivity index is 1.01. The topological polar surface area (TPSA) is 9.86 Å². The fourth-order valence-corrected chi connectivity index (χ4v) is 10.1. The molecule has 0 atom stereocenters. The van der Waals surface area contributed by atoms with Gasteiger partial charge in [-0.1, -0.05) is 127 Å². The number of thiophene rings is 1. The summed E-state index contributed by atoms with van der Waals surface area (Å²) in [6.07, 6.45) is 0. The molecular formula is C52H32N2S. The van der Waals surface area contributed by atoms with Crippen molar-refractivity contribution in [3.8, 4) is 33.6 Å². The fraction of sp³-hybridized carbons (Fsp3) is 0. The Kier molecular flexibility index (Phi) is 6.54. The van der Waals surface area contributed by atoms with E-state index in [0.717, 1.165) is 5.69 Å². The van der Waals surface area contributed by atoms with Gasteiger partial charge in [-0.15, -0.1) is 11.3 Å². The molecule has 0 fully saturated rings. The Morgan fingerprint density at radius 3 is 1.73 bits per heavy atom. The van der Waals surface area contributed by atoms with E-state index in [9.17, 15) is 0 Å². The first-order valence-electron chi connectivity index (χ1n) is 18.8. The maximum absolute atomic E-state index is 2.43. The van der Waals surface area contributed by atoms with E-state index in [-0.39, 0.29) is 0 Å². The normalized spacial score (nSPS) is 12.0. The lowest BCUT2D eigenvalue weighted by atomic mass is 10.00. The summed E-state index contributed by atoms with van der Waals surface area (Å²) in [5.74, 6) is 0. The van der Waals surface area contributed by atoms with Crippen molar-refractivity contribution in [3.63, 3.8) is 0 Å². The van der Waals surface area contributed by atoms with Crippen LogP contribution in [0.15, 0.2) is 194 Å². The Morgan fingerprint density at radius 2 is 0.873 bits per heavy atom. The average Bonchev–Trinajstić information content (AvgIpc) is 3.91. The van der Waals surface area contributed by atoms with Gasteiger partial charge in [0.2, 0.25) is 0 Å². The summed E-state index contributed by atoms with van der Waals surface area (Å²) in [7, 11) is 0. The molecule has 0 radical (unpaired) electrons. The summed E-state index contributed by atoms with van der Waals surface area (Å²) in [6.45, 7) is 0. The summed E-state index contributed by atoms with van der Waals surface area (Å²) >= 11 is 1.87. The summed E-state index contributed by atoms with van der Waals surface area (Å²) in [5.41, 5.74) is 12.1. The zero-order chi connectivity index (χ0) is 36.0. The molecule has 3 heterocycles. The van der Waals surface area contributed by atoms with Gasteiger partial charge in [-0.25, -0.2) is 0 Å². The summed E-state index contributed by atoms with van der Waals surface area (Å²) in [4.78, 5) is 0. The number of benzene rings is 9. The molecule has 3 heteroatoms. The Hall–Kier alpha value is -6.94. The van der Waals surface area contributed by atoms with E-state index in [1.54, 1.807) is 0 Å². The highest BCUT2D eigenvalue weighted by Gasteiger charge is 2.18. The minimum absolute atomic E-state index is 1.16. The monoisotopic (exact) mass is 716 g/mol. The highest BCUT2D eigenvalue weighted by atomic mass is 32.1. The number of para-hydroxylation sites is 2. The number of hydrogen-bond donors (Lipinski definition) is 0. The second-order valence-corrected chi connectivity index (χ2v) is 15.6. The SMILES string of the molecule is c1ccc(-n2c3ccc(-c4ccc5c(c4)c4ccccc4n5-c4cccc(-c5ccc6c(c5)sc5ccccc56)c4)cc3c3ccc4ccccc4c32)cc1. The number of rotatable bonds is 4. The quantitative estimate of drug-likeness (QED) is 0.172. The molecule has 0 amide bonds. The van der Waals surface area contributed by atoms with Gasteiger partial charge in [-0.3, -0.25) is 0 Å². The molecule has 55 heavy (non-hydrogen) atoms. The molecule has 12 aromatic rings. The van der Waals surface area contributed by atoms with Gasteiger partial charge in [0, 0.05) is 58.5 Å². The van der Waals surface area contributed by atoms with Gasteiger partial charge in [0.25, 0.3) is 0 Å². The zero-order valence-electron chi connectivity index (χ0n) is 29.8. The van der Waals surface area contributed by atoms with Crippen LogP contribution < -0.4 is 0 Å². The molecule has 12 rings (SSSR count). The Morgan fingerprint density at radius 1 is 0.291 bits per heavy atom. The maximum Gasteiger partial charge on any atom is 0.0619 e. The van der Waals surface area contributed by atoms with E-state index in [0.29, 0.717) is 0 Å². The van der Waals surface area contributed by atoms with Crippen molar-refractivity contribution >= 4 is 85.9 Å². The Labute approximate surface area is 321 Å². The highest BCUT2D eigenvalue weighted by molar-refractivity contribution is 7.25. The lowest BCUT2D eigenvalue weighted by Gasteiger charge is -2.11. The molecule has 0 saturated heterocycles. The number of nitrogens with zero attached hydrogens (tertiary/aromatic N) is 2. The van der Waals surface area contributed by atoms with Gasteiger partial charge < -0.3 is 9.13 Å². The largest absolute Gasteiger partial charge is 0.309 e. The summed E-state index contributed by atoms with van der Waals surface area (Å²) < 4.78 is 7.52. The standard InChI is InChI=1S/C52H32N2S/c1-2-13-38(14-3-1)54-49-28-24-36(31-46(49)44-26-21-33-11-4-5-16-40(33)52(44)54)35-23-27-48-45(30-35)41-17-6-8-19-47(41)53(48)39-15-10-12-34(29-39)37-22-25-43-42-18-7-9-20-50(42)55-51(43)32-37/h1-32H. The van der Waals surface area contributed by atoms with E-state index in [1.165, 1.54) is 102 Å². The second kappa shape index (κ2) is 11.8. The van der Waals surface area contributed by atoms with Gasteiger partial charge in [0.1, 0.15) is 0 Å². The van der Waals surface area contributed by atoms with Crippen LogP contribution in [0.25, 0.3) is 108 Å². The smallest absolute Gasteiger partial charge is 0.0619 e. The van der Waals surface area contributed by atoms with Crippen LogP contribution in [-0.4, -0.2) is 9.13 Å². The van der Waals surface area contributed by atoms with Crippen LogP contribution >= 0.6 is 11.3 Å². The molecule has 0 unspecified atom stereocenters. The van der Waals surface area contributed by atoms with Crippen molar-refractivity contribution in [2.45, 2.75) is 0 Å². The molecule has 0 aliphatic rings. The van der Waals surface area contributed by atoms with Crippen LogP contribution in [-0.2, 0) is 0 Å². The molecule has 0 spiro atoms. The molecule has 0 bridgehead atoms. The summed E-state index contributed by atoms with van der Waals surface area (Å²) in [6, 6.07) is 71.5. The number of hydrogen-bond acceptors (Lipinski definition) is 1. The van der Waals surface area contributed by atoms with Gasteiger partial charge in [-0.2, -0.15) is 0 Å². The Bertz CT molecular complexity index is 3490. The molecule has 256 valence electrons. The summed E-state index contributed by atoms with van der Waals surface area (Å²) in [5, 5.41) is 10.2. The number of aromatic nitrogens is 2. The van der Waals surface area contributed by atoms with Crippen molar-refractivity contribution in [1.82, 2.24) is 9.13 Å². The molecule has 2 nitrogen and oxygen atoms in total. The predicted molar refractivity (Wildman–Crippen MR) is 236 cm³/mol. The first-order valence-corrected chi connectivity index (χ1v) is 19.7. The predicted octanol–water partition coefficient (Wildman–Crippen LogP) is 14.7. The van der Waals surface area contributed by atoms with Crippen molar-refractivity contribution in [1.29, 1.82) is 0 Å². The van der Waals surface area contributed by atoms with Crippen molar-refractivity contribution in [2.75, 3.05) is 0 Å². The maximum atomic E-state index is 2.43. The zero-order valence-corrected chi connectivity index (χ0v) is 30.6. The van der Waals surface area contributed by atoms with Gasteiger partial charge in [0.05, 0.1) is 22.1 Å². The third-order valence-corrected chi connectivity index (χ3v) is 12.6. The van der Waals surface area contributed by atoms with Crippen LogP contribution in [0.3, 0.4) is 0 Å². The van der Waals surface area contributed by atoms with Crippen LogP contribution in [0.5, 0.6) is 0 Å². The molecule has 0 N–H and O–H groups in total. The molecule has 9 aromatic carbocycles. The van der Waals surface area contributed by atoms with Crippen LogP contribution in [0.4, 0.5) is 0 Å².